The first-order valence-electron chi connectivity index (χ1n) is 9.52. The van der Waals surface area contributed by atoms with E-state index in [-0.39, 0.29) is 11.9 Å². The van der Waals surface area contributed by atoms with Crippen molar-refractivity contribution in [2.24, 2.45) is 0 Å². The molecule has 1 saturated heterocycles. The first-order valence-corrected chi connectivity index (χ1v) is 9.52. The standard InChI is InChI=1S/C21H25N5O/c1-15-12-18(16(2)26(15)13-17-8-4-3-5-9-17)21(27)25-11-7-6-10-19(25)20-22-14-23-24-20/h3-5,8-9,12,14,19H,6-7,10-11,13H2,1-2H3,(H,22,23,24). The van der Waals surface area contributed by atoms with Crippen molar-refractivity contribution in [3.05, 3.63) is 71.1 Å². The highest BCUT2D eigenvalue weighted by atomic mass is 16.2. The number of likely N-dealkylation sites (tertiary alicyclic amines) is 1. The van der Waals surface area contributed by atoms with Gasteiger partial charge in [-0.3, -0.25) is 9.89 Å². The zero-order chi connectivity index (χ0) is 18.8. The van der Waals surface area contributed by atoms with Crippen LogP contribution in [0.1, 0.15) is 58.4 Å². The van der Waals surface area contributed by atoms with Crippen LogP contribution >= 0.6 is 0 Å². The number of hydrogen-bond donors (Lipinski definition) is 1. The Hall–Kier alpha value is -2.89. The molecular weight excluding hydrogens is 338 g/mol. The van der Waals surface area contributed by atoms with E-state index in [1.165, 1.54) is 11.9 Å². The number of hydrogen-bond acceptors (Lipinski definition) is 3. The second-order valence-corrected chi connectivity index (χ2v) is 7.24. The molecule has 1 unspecified atom stereocenters. The summed E-state index contributed by atoms with van der Waals surface area (Å²) in [6.07, 6.45) is 4.56. The normalized spacial score (nSPS) is 17.3. The van der Waals surface area contributed by atoms with E-state index in [4.69, 9.17) is 0 Å². The van der Waals surface area contributed by atoms with Crippen molar-refractivity contribution >= 4 is 5.91 Å². The van der Waals surface area contributed by atoms with E-state index < -0.39 is 0 Å². The molecule has 1 N–H and O–H groups in total. The lowest BCUT2D eigenvalue weighted by Gasteiger charge is -2.34. The van der Waals surface area contributed by atoms with E-state index in [2.05, 4.69) is 38.8 Å². The summed E-state index contributed by atoms with van der Waals surface area (Å²) in [4.78, 5) is 19.7. The summed E-state index contributed by atoms with van der Waals surface area (Å²) in [6, 6.07) is 12.3. The van der Waals surface area contributed by atoms with Crippen LogP contribution in [0.3, 0.4) is 0 Å². The minimum absolute atomic E-state index is 0.0223. The molecule has 1 aliphatic rings. The second-order valence-electron chi connectivity index (χ2n) is 7.24. The molecule has 1 fully saturated rings. The molecule has 1 aliphatic heterocycles. The number of amides is 1. The van der Waals surface area contributed by atoms with Crippen molar-refractivity contribution in [1.82, 2.24) is 24.6 Å². The highest BCUT2D eigenvalue weighted by molar-refractivity contribution is 5.96. The zero-order valence-electron chi connectivity index (χ0n) is 15.9. The van der Waals surface area contributed by atoms with Gasteiger partial charge in [0.15, 0.2) is 0 Å². The van der Waals surface area contributed by atoms with E-state index in [1.807, 2.05) is 36.1 Å². The molecule has 0 saturated carbocycles. The van der Waals surface area contributed by atoms with E-state index in [0.29, 0.717) is 0 Å². The number of carbonyl (C=O) groups excluding carboxylic acids is 1. The van der Waals surface area contributed by atoms with Gasteiger partial charge < -0.3 is 9.47 Å². The Kier molecular flexibility index (Phi) is 4.79. The first kappa shape index (κ1) is 17.5. The summed E-state index contributed by atoms with van der Waals surface area (Å²) in [5.74, 6) is 0.865. The molecule has 3 aromatic rings. The van der Waals surface area contributed by atoms with Crippen LogP contribution < -0.4 is 0 Å². The number of nitrogens with zero attached hydrogens (tertiary/aromatic N) is 4. The predicted octanol–water partition coefficient (Wildman–Crippen LogP) is 3.64. The highest BCUT2D eigenvalue weighted by Gasteiger charge is 2.32. The SMILES string of the molecule is Cc1cc(C(=O)N2CCCCC2c2ncn[nH]2)c(C)n1Cc1ccccc1. The number of aryl methyl sites for hydroxylation is 1. The van der Waals surface area contributed by atoms with Crippen molar-refractivity contribution < 1.29 is 4.79 Å². The fourth-order valence-electron chi connectivity index (χ4n) is 4.02. The highest BCUT2D eigenvalue weighted by Crippen LogP contribution is 2.31. The maximum absolute atomic E-state index is 13.4. The van der Waals surface area contributed by atoms with Crippen LogP contribution in [-0.4, -0.2) is 37.1 Å². The topological polar surface area (TPSA) is 66.8 Å². The minimum atomic E-state index is -0.0223. The van der Waals surface area contributed by atoms with Crippen molar-refractivity contribution in [3.8, 4) is 0 Å². The number of aromatic amines is 1. The summed E-state index contributed by atoms with van der Waals surface area (Å²) < 4.78 is 2.22. The lowest BCUT2D eigenvalue weighted by atomic mass is 10.00. The summed E-state index contributed by atoms with van der Waals surface area (Å²) in [6.45, 7) is 5.64. The number of benzene rings is 1. The smallest absolute Gasteiger partial charge is 0.256 e. The average molecular weight is 363 g/mol. The molecule has 3 heterocycles. The molecule has 0 bridgehead atoms. The number of H-pyrrole nitrogens is 1. The molecule has 0 radical (unpaired) electrons. The summed E-state index contributed by atoms with van der Waals surface area (Å²) in [7, 11) is 0. The minimum Gasteiger partial charge on any atom is -0.344 e. The molecule has 6 heteroatoms. The van der Waals surface area contributed by atoms with Crippen LogP contribution in [0.5, 0.6) is 0 Å². The summed E-state index contributed by atoms with van der Waals surface area (Å²) in [5, 5.41) is 6.92. The number of carbonyl (C=O) groups is 1. The largest absolute Gasteiger partial charge is 0.344 e. The Morgan fingerprint density at radius 2 is 2.04 bits per heavy atom. The molecule has 0 aliphatic carbocycles. The molecule has 6 nitrogen and oxygen atoms in total. The van der Waals surface area contributed by atoms with E-state index in [0.717, 1.165) is 55.1 Å². The molecule has 1 aromatic carbocycles. The van der Waals surface area contributed by atoms with Gasteiger partial charge in [-0.15, -0.1) is 0 Å². The Morgan fingerprint density at radius 3 is 2.78 bits per heavy atom. The van der Waals surface area contributed by atoms with Gasteiger partial charge in [-0.25, -0.2) is 4.98 Å². The van der Waals surface area contributed by atoms with E-state index in [1.54, 1.807) is 0 Å². The Bertz CT molecular complexity index is 914. The quantitative estimate of drug-likeness (QED) is 0.769. The predicted molar refractivity (Wildman–Crippen MR) is 103 cm³/mol. The summed E-state index contributed by atoms with van der Waals surface area (Å²) >= 11 is 0. The van der Waals surface area contributed by atoms with Gasteiger partial charge in [-0.1, -0.05) is 30.3 Å². The second kappa shape index (κ2) is 7.39. The molecule has 1 amide bonds. The molecule has 140 valence electrons. The fourth-order valence-corrected chi connectivity index (χ4v) is 4.02. The molecule has 2 aromatic heterocycles. The van der Waals surface area contributed by atoms with E-state index >= 15 is 0 Å². The van der Waals surface area contributed by atoms with Crippen molar-refractivity contribution in [3.63, 3.8) is 0 Å². The number of piperidine rings is 1. The van der Waals surface area contributed by atoms with Crippen LogP contribution in [0.2, 0.25) is 0 Å². The van der Waals surface area contributed by atoms with Crippen LogP contribution in [0.25, 0.3) is 0 Å². The van der Waals surface area contributed by atoms with Crippen molar-refractivity contribution in [1.29, 1.82) is 0 Å². The van der Waals surface area contributed by atoms with Crippen LogP contribution in [-0.2, 0) is 6.54 Å². The fraction of sp³-hybridized carbons (Fsp3) is 0.381. The zero-order valence-corrected chi connectivity index (χ0v) is 15.9. The van der Waals surface area contributed by atoms with Gasteiger partial charge in [0, 0.05) is 24.5 Å². The molecule has 27 heavy (non-hydrogen) atoms. The van der Waals surface area contributed by atoms with E-state index in [9.17, 15) is 4.79 Å². The monoisotopic (exact) mass is 363 g/mol. The van der Waals surface area contributed by atoms with Gasteiger partial charge in [-0.05, 0) is 44.7 Å². The van der Waals surface area contributed by atoms with Gasteiger partial charge in [0.25, 0.3) is 5.91 Å². The first-order chi connectivity index (χ1) is 13.1. The number of nitrogens with one attached hydrogen (secondary N) is 1. The van der Waals surface area contributed by atoms with Gasteiger partial charge in [0.05, 0.1) is 11.6 Å². The lowest BCUT2D eigenvalue weighted by molar-refractivity contribution is 0.0599. The molecular formula is C21H25N5O. The average Bonchev–Trinajstić information content (AvgIpc) is 3.33. The van der Waals surface area contributed by atoms with Crippen LogP contribution in [0, 0.1) is 13.8 Å². The van der Waals surface area contributed by atoms with Crippen LogP contribution in [0.4, 0.5) is 0 Å². The molecule has 0 spiro atoms. The third-order valence-corrected chi connectivity index (χ3v) is 5.50. The molecule has 4 rings (SSSR count). The number of aromatic nitrogens is 4. The molecule has 1 atom stereocenters. The Labute approximate surface area is 159 Å². The number of rotatable bonds is 4. The Morgan fingerprint density at radius 1 is 1.22 bits per heavy atom. The van der Waals surface area contributed by atoms with Gasteiger partial charge in [0.2, 0.25) is 0 Å². The van der Waals surface area contributed by atoms with Gasteiger partial charge >= 0.3 is 0 Å². The van der Waals surface area contributed by atoms with Crippen LogP contribution in [0.15, 0.2) is 42.7 Å². The van der Waals surface area contributed by atoms with Gasteiger partial charge in [-0.2, -0.15) is 5.10 Å². The maximum atomic E-state index is 13.4. The third-order valence-electron chi connectivity index (χ3n) is 5.50. The van der Waals surface area contributed by atoms with Gasteiger partial charge in [0.1, 0.15) is 12.2 Å². The summed E-state index contributed by atoms with van der Waals surface area (Å²) in [5.41, 5.74) is 4.14. The third kappa shape index (κ3) is 3.39. The maximum Gasteiger partial charge on any atom is 0.256 e. The van der Waals surface area contributed by atoms with Crippen molar-refractivity contribution in [2.45, 2.75) is 45.7 Å². The van der Waals surface area contributed by atoms with Crippen molar-refractivity contribution in [2.75, 3.05) is 6.54 Å². The Balaban J connectivity index is 1.62. The lowest BCUT2D eigenvalue weighted by Crippen LogP contribution is -2.39.